The van der Waals surface area contributed by atoms with Gasteiger partial charge < -0.3 is 9.90 Å². The van der Waals surface area contributed by atoms with Crippen LogP contribution in [-0.2, 0) is 4.79 Å². The van der Waals surface area contributed by atoms with Crippen LogP contribution in [0.15, 0.2) is 34.8 Å². The molecule has 0 N–H and O–H groups in total. The zero-order valence-corrected chi connectivity index (χ0v) is 7.74. The molecule has 0 aliphatic heterocycles. The number of aliphatic carboxylic acids is 1. The summed E-state index contributed by atoms with van der Waals surface area (Å²) in [6, 6.07) is 7.35. The number of carbonyl (C=O) groups excluding carboxylic acids is 1. The van der Waals surface area contributed by atoms with E-state index in [0.717, 1.165) is 16.1 Å². The zero-order chi connectivity index (χ0) is 8.97. The number of halogens is 1. The highest BCUT2D eigenvalue weighted by Gasteiger charge is 1.91. The molecule has 0 unspecified atom stereocenters. The van der Waals surface area contributed by atoms with Crippen molar-refractivity contribution in [2.24, 2.45) is 0 Å². The first-order chi connectivity index (χ1) is 5.70. The van der Waals surface area contributed by atoms with Crippen molar-refractivity contribution in [1.82, 2.24) is 0 Å². The average molecular weight is 226 g/mol. The highest BCUT2D eigenvalue weighted by Crippen LogP contribution is 2.16. The second-order valence-corrected chi connectivity index (χ2v) is 3.03. The van der Waals surface area contributed by atoms with E-state index >= 15 is 0 Å². The summed E-state index contributed by atoms with van der Waals surface area (Å²) in [5.41, 5.74) is 0.821. The molecule has 1 aromatic carbocycles. The maximum absolute atomic E-state index is 10.1. The Hall–Kier alpha value is -1.09. The van der Waals surface area contributed by atoms with Gasteiger partial charge in [0, 0.05) is 4.47 Å². The number of carboxylic acids is 1. The lowest BCUT2D eigenvalue weighted by molar-refractivity contribution is -0.297. The number of hydrogen-bond acceptors (Lipinski definition) is 2. The van der Waals surface area contributed by atoms with E-state index < -0.39 is 5.97 Å². The molecule has 0 heterocycles. The Balaban J connectivity index is 2.89. The van der Waals surface area contributed by atoms with E-state index in [1.165, 1.54) is 6.08 Å². The van der Waals surface area contributed by atoms with Gasteiger partial charge in [0.05, 0.1) is 5.97 Å². The number of carbonyl (C=O) groups is 1. The smallest absolute Gasteiger partial charge is 0.0643 e. The maximum atomic E-state index is 10.1. The van der Waals surface area contributed by atoms with E-state index in [2.05, 4.69) is 15.9 Å². The minimum atomic E-state index is -1.19. The zero-order valence-electron chi connectivity index (χ0n) is 6.16. The molecule has 0 radical (unpaired) electrons. The molecule has 12 heavy (non-hydrogen) atoms. The molecular weight excluding hydrogens is 220 g/mol. The van der Waals surface area contributed by atoms with E-state index in [9.17, 15) is 9.90 Å². The van der Waals surface area contributed by atoms with E-state index in [1.54, 1.807) is 0 Å². The molecule has 0 fully saturated rings. The Morgan fingerprint density at radius 3 is 2.67 bits per heavy atom. The lowest BCUT2D eigenvalue weighted by atomic mass is 10.2. The highest BCUT2D eigenvalue weighted by atomic mass is 79.9. The SMILES string of the molecule is O=C([O-])/C=C/c1ccccc1Br. The summed E-state index contributed by atoms with van der Waals surface area (Å²) in [6.07, 6.45) is 2.49. The largest absolute Gasteiger partial charge is 0.545 e. The first-order valence-corrected chi connectivity index (χ1v) is 4.13. The van der Waals surface area contributed by atoms with Crippen molar-refractivity contribution in [2.75, 3.05) is 0 Å². The Morgan fingerprint density at radius 1 is 1.42 bits per heavy atom. The second-order valence-electron chi connectivity index (χ2n) is 2.17. The van der Waals surface area contributed by atoms with E-state index in [4.69, 9.17) is 0 Å². The fourth-order valence-corrected chi connectivity index (χ4v) is 1.19. The van der Waals surface area contributed by atoms with Crippen LogP contribution in [0, 0.1) is 0 Å². The van der Waals surface area contributed by atoms with Gasteiger partial charge in [-0.3, -0.25) is 0 Å². The number of benzene rings is 1. The van der Waals surface area contributed by atoms with Crippen LogP contribution >= 0.6 is 15.9 Å². The Labute approximate surface area is 78.7 Å². The molecule has 0 bridgehead atoms. The van der Waals surface area contributed by atoms with Crippen LogP contribution in [0.2, 0.25) is 0 Å². The van der Waals surface area contributed by atoms with Gasteiger partial charge in [-0.15, -0.1) is 0 Å². The van der Waals surface area contributed by atoms with Crippen molar-refractivity contribution in [3.05, 3.63) is 40.4 Å². The summed E-state index contributed by atoms with van der Waals surface area (Å²) in [5.74, 6) is -1.19. The summed E-state index contributed by atoms with van der Waals surface area (Å²) >= 11 is 3.28. The second kappa shape index (κ2) is 4.07. The quantitative estimate of drug-likeness (QED) is 0.711. The predicted molar refractivity (Wildman–Crippen MR) is 48.2 cm³/mol. The predicted octanol–water partition coefficient (Wildman–Crippen LogP) is 1.21. The van der Waals surface area contributed by atoms with Crippen molar-refractivity contribution < 1.29 is 9.90 Å². The number of hydrogen-bond donors (Lipinski definition) is 0. The fourth-order valence-electron chi connectivity index (χ4n) is 0.768. The molecular formula is C9H6BrO2-. The van der Waals surface area contributed by atoms with Crippen LogP contribution in [0.4, 0.5) is 0 Å². The van der Waals surface area contributed by atoms with Crippen molar-refractivity contribution in [3.8, 4) is 0 Å². The van der Waals surface area contributed by atoms with Crippen LogP contribution in [-0.4, -0.2) is 5.97 Å². The molecule has 0 amide bonds. The lowest BCUT2D eigenvalue weighted by Gasteiger charge is -1.96. The number of rotatable bonds is 2. The summed E-state index contributed by atoms with van der Waals surface area (Å²) in [7, 11) is 0. The minimum absolute atomic E-state index is 0.821. The highest BCUT2D eigenvalue weighted by molar-refractivity contribution is 9.10. The van der Waals surface area contributed by atoms with Gasteiger partial charge in [-0.2, -0.15) is 0 Å². The normalized spacial score (nSPS) is 10.4. The fraction of sp³-hybridized carbons (Fsp3) is 0. The van der Waals surface area contributed by atoms with Crippen molar-refractivity contribution >= 4 is 28.0 Å². The average Bonchev–Trinajstić information content (AvgIpc) is 2.03. The minimum Gasteiger partial charge on any atom is -0.545 e. The van der Waals surface area contributed by atoms with Gasteiger partial charge in [-0.1, -0.05) is 40.2 Å². The van der Waals surface area contributed by atoms with Gasteiger partial charge >= 0.3 is 0 Å². The Bertz CT molecular complexity index is 318. The van der Waals surface area contributed by atoms with Crippen LogP contribution < -0.4 is 5.11 Å². The molecule has 0 aromatic heterocycles. The molecule has 0 saturated heterocycles. The molecule has 1 aromatic rings. The van der Waals surface area contributed by atoms with Crippen LogP contribution in [0.1, 0.15) is 5.56 Å². The third-order valence-electron chi connectivity index (χ3n) is 1.30. The maximum Gasteiger partial charge on any atom is 0.0643 e. The van der Waals surface area contributed by atoms with E-state index in [-0.39, 0.29) is 0 Å². The van der Waals surface area contributed by atoms with E-state index in [0.29, 0.717) is 0 Å². The van der Waals surface area contributed by atoms with Gasteiger partial charge in [0.15, 0.2) is 0 Å². The van der Waals surface area contributed by atoms with Gasteiger partial charge in [0.25, 0.3) is 0 Å². The van der Waals surface area contributed by atoms with Crippen LogP contribution in [0.5, 0.6) is 0 Å². The third-order valence-corrected chi connectivity index (χ3v) is 2.03. The molecule has 2 nitrogen and oxygen atoms in total. The summed E-state index contributed by atoms with van der Waals surface area (Å²) in [4.78, 5) is 10.1. The first kappa shape index (κ1) is 9.00. The van der Waals surface area contributed by atoms with Gasteiger partial charge in [0.1, 0.15) is 0 Å². The first-order valence-electron chi connectivity index (χ1n) is 3.34. The van der Waals surface area contributed by atoms with E-state index in [1.807, 2.05) is 24.3 Å². The molecule has 0 atom stereocenters. The van der Waals surface area contributed by atoms with Crippen molar-refractivity contribution in [1.29, 1.82) is 0 Å². The lowest BCUT2D eigenvalue weighted by Crippen LogP contribution is -2.18. The summed E-state index contributed by atoms with van der Waals surface area (Å²) < 4.78 is 0.863. The molecule has 0 aliphatic rings. The van der Waals surface area contributed by atoms with Crippen LogP contribution in [0.25, 0.3) is 6.08 Å². The molecule has 0 aliphatic carbocycles. The topological polar surface area (TPSA) is 40.1 Å². The third kappa shape index (κ3) is 2.51. The summed E-state index contributed by atoms with van der Waals surface area (Å²) in [5, 5.41) is 10.1. The Kier molecular flexibility index (Phi) is 3.05. The van der Waals surface area contributed by atoms with Crippen molar-refractivity contribution in [3.63, 3.8) is 0 Å². The molecule has 62 valence electrons. The Morgan fingerprint density at radius 2 is 2.08 bits per heavy atom. The monoisotopic (exact) mass is 225 g/mol. The molecule has 0 spiro atoms. The molecule has 1 rings (SSSR count). The van der Waals surface area contributed by atoms with Gasteiger partial charge in [-0.25, -0.2) is 0 Å². The standard InChI is InChI=1S/C9H7BrO2/c10-8-4-2-1-3-7(8)5-6-9(11)12/h1-6H,(H,11,12)/p-1/b6-5+. The molecule has 3 heteroatoms. The van der Waals surface area contributed by atoms with Crippen LogP contribution in [0.3, 0.4) is 0 Å². The van der Waals surface area contributed by atoms with Gasteiger partial charge in [-0.05, 0) is 17.7 Å². The number of carboxylic acid groups (broad SMARTS) is 1. The van der Waals surface area contributed by atoms with Gasteiger partial charge in [0.2, 0.25) is 0 Å². The summed E-state index contributed by atoms with van der Waals surface area (Å²) in [6.45, 7) is 0. The molecule has 0 saturated carbocycles. The van der Waals surface area contributed by atoms with Crippen molar-refractivity contribution in [2.45, 2.75) is 0 Å².